The largest absolute Gasteiger partial charge is 0.416 e. The smallest absolute Gasteiger partial charge is 0.349 e. The van der Waals surface area contributed by atoms with Crippen LogP contribution in [0.1, 0.15) is 53.2 Å². The summed E-state index contributed by atoms with van der Waals surface area (Å²) in [6, 6.07) is 7.76. The molecule has 0 radical (unpaired) electrons. The monoisotopic (exact) mass is 553 g/mol. The third-order valence-electron chi connectivity index (χ3n) is 6.87. The highest BCUT2D eigenvalue weighted by molar-refractivity contribution is 7.92. The van der Waals surface area contributed by atoms with Crippen LogP contribution in [0, 0.1) is 0 Å². The normalized spacial score (nSPS) is 20.8. The summed E-state index contributed by atoms with van der Waals surface area (Å²) in [6.45, 7) is 1.02. The molecule has 2 heterocycles. The van der Waals surface area contributed by atoms with Crippen molar-refractivity contribution in [2.24, 2.45) is 0 Å². The number of amides is 2. The molecule has 9 nitrogen and oxygen atoms in total. The Morgan fingerprint density at radius 1 is 1.08 bits per heavy atom. The van der Waals surface area contributed by atoms with Gasteiger partial charge >= 0.3 is 6.18 Å². The van der Waals surface area contributed by atoms with Crippen LogP contribution in [0.4, 0.5) is 18.9 Å². The summed E-state index contributed by atoms with van der Waals surface area (Å²) in [5.41, 5.74) is 0.190. The number of pyridine rings is 1. The molecule has 13 heteroatoms. The number of carbonyl (C=O) groups excluding carboxylic acids is 2. The zero-order chi connectivity index (χ0) is 27.5. The molecule has 2 aliphatic rings. The molecule has 0 spiro atoms. The van der Waals surface area contributed by atoms with Crippen molar-refractivity contribution < 1.29 is 31.2 Å². The number of likely N-dealkylation sites (tertiary alicyclic amines) is 1. The highest BCUT2D eigenvalue weighted by atomic mass is 32.2. The fourth-order valence-electron chi connectivity index (χ4n) is 5.02. The van der Waals surface area contributed by atoms with Crippen LogP contribution < -0.4 is 15.4 Å². The van der Waals surface area contributed by atoms with Crippen molar-refractivity contribution in [2.75, 3.05) is 30.6 Å². The molecule has 2 amide bonds. The fourth-order valence-corrected chi connectivity index (χ4v) is 5.60. The van der Waals surface area contributed by atoms with Gasteiger partial charge in [0.2, 0.25) is 15.9 Å². The lowest BCUT2D eigenvalue weighted by atomic mass is 9.81. The second kappa shape index (κ2) is 11.3. The molecule has 3 N–H and O–H groups in total. The van der Waals surface area contributed by atoms with Crippen LogP contribution in [0.15, 0.2) is 42.6 Å². The first-order valence-corrected chi connectivity index (χ1v) is 14.2. The van der Waals surface area contributed by atoms with Crippen LogP contribution in [0.5, 0.6) is 0 Å². The first kappa shape index (κ1) is 27.8. The number of alkyl halides is 3. The summed E-state index contributed by atoms with van der Waals surface area (Å²) in [5, 5.41) is 5.21. The van der Waals surface area contributed by atoms with Crippen molar-refractivity contribution in [2.45, 2.75) is 49.9 Å². The Morgan fingerprint density at radius 3 is 2.45 bits per heavy atom. The van der Waals surface area contributed by atoms with E-state index in [2.05, 4.69) is 25.2 Å². The maximum atomic E-state index is 12.8. The lowest BCUT2D eigenvalue weighted by molar-refractivity contribution is -0.137. The Hall–Kier alpha value is -3.19. The summed E-state index contributed by atoms with van der Waals surface area (Å²) in [6.07, 6.45) is 1.81. The number of halogens is 3. The van der Waals surface area contributed by atoms with E-state index in [1.54, 1.807) is 18.3 Å². The first-order valence-electron chi connectivity index (χ1n) is 12.3. The quantitative estimate of drug-likeness (QED) is 0.463. The number of nitrogens with one attached hydrogen (secondary N) is 3. The van der Waals surface area contributed by atoms with E-state index in [-0.39, 0.29) is 24.1 Å². The second-order valence-corrected chi connectivity index (χ2v) is 11.5. The van der Waals surface area contributed by atoms with Crippen molar-refractivity contribution in [3.05, 3.63) is 59.4 Å². The van der Waals surface area contributed by atoms with Crippen molar-refractivity contribution in [1.29, 1.82) is 0 Å². The minimum atomic E-state index is -4.56. The Balaban J connectivity index is 1.19. The molecular weight excluding hydrogens is 523 g/mol. The van der Waals surface area contributed by atoms with Crippen molar-refractivity contribution in [1.82, 2.24) is 20.5 Å². The molecule has 1 aromatic heterocycles. The van der Waals surface area contributed by atoms with Gasteiger partial charge in [-0.1, -0.05) is 6.07 Å². The number of benzene rings is 1. The van der Waals surface area contributed by atoms with Gasteiger partial charge in [0.15, 0.2) is 0 Å². The van der Waals surface area contributed by atoms with Crippen LogP contribution in [0.25, 0.3) is 0 Å². The lowest BCUT2D eigenvalue weighted by Crippen LogP contribution is -2.63. The minimum Gasteiger partial charge on any atom is -0.349 e. The van der Waals surface area contributed by atoms with Gasteiger partial charge in [-0.05, 0) is 56.0 Å². The van der Waals surface area contributed by atoms with Crippen LogP contribution in [-0.4, -0.2) is 68.1 Å². The van der Waals surface area contributed by atoms with Gasteiger partial charge < -0.3 is 10.6 Å². The Bertz CT molecular complexity index is 1270. The van der Waals surface area contributed by atoms with Crippen LogP contribution >= 0.6 is 0 Å². The van der Waals surface area contributed by atoms with Gasteiger partial charge in [0.25, 0.3) is 5.91 Å². The molecule has 0 bridgehead atoms. The van der Waals surface area contributed by atoms with E-state index >= 15 is 0 Å². The Morgan fingerprint density at radius 2 is 1.79 bits per heavy atom. The molecule has 0 unspecified atom stereocenters. The van der Waals surface area contributed by atoms with Crippen LogP contribution in [0.2, 0.25) is 0 Å². The number of carbonyl (C=O) groups is 2. The summed E-state index contributed by atoms with van der Waals surface area (Å²) >= 11 is 0. The Kier molecular flexibility index (Phi) is 8.26. The molecule has 1 aromatic carbocycles. The molecule has 1 saturated heterocycles. The topological polar surface area (TPSA) is 120 Å². The van der Waals surface area contributed by atoms with E-state index in [9.17, 15) is 31.2 Å². The zero-order valence-electron chi connectivity index (χ0n) is 20.8. The molecule has 38 heavy (non-hydrogen) atoms. The summed E-state index contributed by atoms with van der Waals surface area (Å²) in [5.74, 6) is -0.991. The number of hydrogen-bond acceptors (Lipinski definition) is 6. The van der Waals surface area contributed by atoms with Gasteiger partial charge in [-0.25, -0.2) is 8.42 Å². The number of sulfonamides is 1. The molecule has 0 atom stereocenters. The van der Waals surface area contributed by atoms with Crippen LogP contribution in [0.3, 0.4) is 0 Å². The summed E-state index contributed by atoms with van der Waals surface area (Å²) in [7, 11) is -3.40. The number of nitrogens with zero attached hydrogens (tertiary/aromatic N) is 2. The molecule has 2 fully saturated rings. The van der Waals surface area contributed by atoms with Crippen molar-refractivity contribution in [3.8, 4) is 0 Å². The number of anilines is 1. The van der Waals surface area contributed by atoms with E-state index < -0.39 is 33.6 Å². The molecule has 1 aliphatic heterocycles. The highest BCUT2D eigenvalue weighted by Crippen LogP contribution is 2.38. The second-order valence-electron chi connectivity index (χ2n) is 9.80. The highest BCUT2D eigenvalue weighted by Gasteiger charge is 2.36. The van der Waals surface area contributed by atoms with Gasteiger partial charge in [-0.3, -0.25) is 24.2 Å². The summed E-state index contributed by atoms with van der Waals surface area (Å²) < 4.78 is 64.4. The third kappa shape index (κ3) is 7.22. The summed E-state index contributed by atoms with van der Waals surface area (Å²) in [4.78, 5) is 31.1. The van der Waals surface area contributed by atoms with E-state index in [0.717, 1.165) is 55.8 Å². The average Bonchev–Trinajstić information content (AvgIpc) is 2.83. The van der Waals surface area contributed by atoms with Gasteiger partial charge in [0.05, 0.1) is 35.8 Å². The van der Waals surface area contributed by atoms with Gasteiger partial charge in [-0.2, -0.15) is 13.2 Å². The minimum absolute atomic E-state index is 0.0629. The van der Waals surface area contributed by atoms with E-state index in [0.29, 0.717) is 24.8 Å². The van der Waals surface area contributed by atoms with E-state index in [1.807, 2.05) is 0 Å². The number of hydrogen-bond donors (Lipinski definition) is 3. The molecule has 1 saturated carbocycles. The first-order chi connectivity index (χ1) is 17.9. The maximum absolute atomic E-state index is 12.8. The maximum Gasteiger partial charge on any atom is 0.416 e. The predicted octanol–water partition coefficient (Wildman–Crippen LogP) is 2.73. The van der Waals surface area contributed by atoms with Gasteiger partial charge in [-0.15, -0.1) is 0 Å². The van der Waals surface area contributed by atoms with Crippen LogP contribution in [-0.2, 0) is 21.0 Å². The van der Waals surface area contributed by atoms with Gasteiger partial charge in [0.1, 0.15) is 0 Å². The SMILES string of the molecule is CS(=O)(=O)Nc1cccnc1[C@H]1CC[C@@H](N2CC(NC(=O)CNC(=O)c3cccc(C(F)(F)F)c3)C2)CC1. The van der Waals surface area contributed by atoms with Crippen molar-refractivity contribution >= 4 is 27.5 Å². The molecule has 206 valence electrons. The van der Waals surface area contributed by atoms with E-state index in [1.165, 1.54) is 6.07 Å². The molecular formula is C25H30F3N5O4S. The Labute approximate surface area is 219 Å². The molecule has 2 aromatic rings. The fraction of sp³-hybridized carbons (Fsp3) is 0.480. The standard InChI is InChI=1S/C25H30F3N5O4S/c1-38(36,37)32-21-6-3-11-29-23(21)16-7-9-20(10-8-16)33-14-19(15-33)31-22(34)13-30-24(35)17-4-2-5-18(12-17)25(26,27)28/h2-6,11-12,16,19-20,32H,7-10,13-15H2,1H3,(H,30,35)(H,31,34)/t16-,20+. The number of aromatic nitrogens is 1. The van der Waals surface area contributed by atoms with Crippen molar-refractivity contribution in [3.63, 3.8) is 0 Å². The lowest BCUT2D eigenvalue weighted by Gasteiger charge is -2.46. The third-order valence-corrected chi connectivity index (χ3v) is 7.46. The predicted molar refractivity (Wildman–Crippen MR) is 135 cm³/mol. The van der Waals surface area contributed by atoms with Gasteiger partial charge in [0, 0.05) is 36.8 Å². The number of rotatable bonds is 8. The average molecular weight is 554 g/mol. The molecule has 4 rings (SSSR count). The molecule has 1 aliphatic carbocycles. The van der Waals surface area contributed by atoms with E-state index in [4.69, 9.17) is 0 Å². The zero-order valence-corrected chi connectivity index (χ0v) is 21.6.